The van der Waals surface area contributed by atoms with Crippen molar-refractivity contribution in [3.8, 4) is 5.75 Å². The third-order valence-corrected chi connectivity index (χ3v) is 3.29. The highest BCUT2D eigenvalue weighted by Gasteiger charge is 2.17. The van der Waals surface area contributed by atoms with Gasteiger partial charge in [-0.25, -0.2) is 0 Å². The van der Waals surface area contributed by atoms with E-state index < -0.39 is 0 Å². The lowest BCUT2D eigenvalue weighted by Crippen LogP contribution is -2.44. The number of nitrogens with one attached hydrogen (secondary N) is 1. The van der Waals surface area contributed by atoms with E-state index in [1.165, 1.54) is 0 Å². The zero-order chi connectivity index (χ0) is 15.9. The topological polar surface area (TPSA) is 70.9 Å². The minimum Gasteiger partial charge on any atom is -0.484 e. The molecule has 5 heteroatoms. The maximum absolute atomic E-state index is 11.8. The Morgan fingerprint density at radius 2 is 1.95 bits per heavy atom. The predicted molar refractivity (Wildman–Crippen MR) is 83.0 cm³/mol. The summed E-state index contributed by atoms with van der Waals surface area (Å²) in [5.74, 6) is 0.510. The second kappa shape index (κ2) is 7.67. The lowest BCUT2D eigenvalue weighted by atomic mass is 10.0. The summed E-state index contributed by atoms with van der Waals surface area (Å²) in [6.07, 6.45) is 1.45. The van der Waals surface area contributed by atoms with Crippen molar-refractivity contribution in [2.75, 3.05) is 6.61 Å². The number of carbonyl (C=O) groups is 1. The normalized spacial score (nSPS) is 12.1. The van der Waals surface area contributed by atoms with Crippen LogP contribution < -0.4 is 10.1 Å². The van der Waals surface area contributed by atoms with Crippen LogP contribution in [0.1, 0.15) is 39.7 Å². The first-order chi connectivity index (χ1) is 9.86. The molecule has 2 N–H and O–H groups in total. The van der Waals surface area contributed by atoms with Gasteiger partial charge in [-0.1, -0.05) is 24.2 Å². The maximum Gasteiger partial charge on any atom is 0.258 e. The molecule has 0 aromatic heterocycles. The predicted octanol–water partition coefficient (Wildman–Crippen LogP) is 2.76. The van der Waals surface area contributed by atoms with Crippen LogP contribution in [-0.4, -0.2) is 29.0 Å². The number of ether oxygens (including phenoxy) is 1. The molecule has 0 aliphatic rings. The second-order valence-electron chi connectivity index (χ2n) is 5.73. The molecule has 0 aliphatic carbocycles. The van der Waals surface area contributed by atoms with Crippen molar-refractivity contribution >= 4 is 11.6 Å². The Morgan fingerprint density at radius 1 is 1.33 bits per heavy atom. The van der Waals surface area contributed by atoms with Gasteiger partial charge in [-0.2, -0.15) is 0 Å². The molecule has 0 fully saturated rings. The molecule has 0 aliphatic heterocycles. The van der Waals surface area contributed by atoms with Crippen molar-refractivity contribution in [2.45, 2.75) is 46.1 Å². The van der Waals surface area contributed by atoms with Crippen LogP contribution in [0, 0.1) is 0 Å². The van der Waals surface area contributed by atoms with Crippen LogP contribution in [0.25, 0.3) is 0 Å². The molecule has 0 saturated heterocycles. The summed E-state index contributed by atoms with van der Waals surface area (Å²) in [6.45, 7) is 7.73. The minimum atomic E-state index is -0.217. The van der Waals surface area contributed by atoms with E-state index in [-0.39, 0.29) is 18.1 Å². The van der Waals surface area contributed by atoms with Gasteiger partial charge in [0.1, 0.15) is 5.75 Å². The van der Waals surface area contributed by atoms with Gasteiger partial charge in [-0.3, -0.25) is 4.79 Å². The highest BCUT2D eigenvalue weighted by molar-refractivity contribution is 5.83. The smallest absolute Gasteiger partial charge is 0.258 e. The Bertz CT molecular complexity index is 493. The van der Waals surface area contributed by atoms with E-state index >= 15 is 0 Å². The molecular formula is C16H24N2O3. The molecule has 0 saturated carbocycles. The largest absolute Gasteiger partial charge is 0.484 e. The number of amides is 1. The number of nitrogens with zero attached hydrogens (tertiary/aromatic N) is 1. The Labute approximate surface area is 126 Å². The summed E-state index contributed by atoms with van der Waals surface area (Å²) in [5, 5.41) is 14.7. The fourth-order valence-electron chi connectivity index (χ4n) is 1.69. The quantitative estimate of drug-likeness (QED) is 0.461. The van der Waals surface area contributed by atoms with Gasteiger partial charge in [0.15, 0.2) is 6.61 Å². The van der Waals surface area contributed by atoms with Crippen LogP contribution in [0.3, 0.4) is 0 Å². The van der Waals surface area contributed by atoms with E-state index in [4.69, 9.17) is 9.94 Å². The van der Waals surface area contributed by atoms with Crippen molar-refractivity contribution < 1.29 is 14.7 Å². The number of rotatable bonds is 7. The lowest BCUT2D eigenvalue weighted by molar-refractivity contribution is -0.124. The molecular weight excluding hydrogens is 268 g/mol. The monoisotopic (exact) mass is 292 g/mol. The van der Waals surface area contributed by atoms with Crippen molar-refractivity contribution in [3.05, 3.63) is 29.8 Å². The molecule has 0 atom stereocenters. The van der Waals surface area contributed by atoms with Crippen LogP contribution in [0.15, 0.2) is 29.4 Å². The molecule has 0 spiro atoms. The van der Waals surface area contributed by atoms with Crippen molar-refractivity contribution in [1.29, 1.82) is 0 Å². The highest BCUT2D eigenvalue weighted by Crippen LogP contribution is 2.13. The van der Waals surface area contributed by atoms with Crippen LogP contribution in [0.4, 0.5) is 0 Å². The fourth-order valence-corrected chi connectivity index (χ4v) is 1.69. The Hall–Kier alpha value is -2.04. The SMILES string of the molecule is CCC(C)(C)NC(=O)COc1ccc(C/C(C)=N/O)cc1. The van der Waals surface area contributed by atoms with Crippen LogP contribution in [-0.2, 0) is 11.2 Å². The van der Waals surface area contributed by atoms with Gasteiger partial charge in [0.05, 0.1) is 5.71 Å². The average molecular weight is 292 g/mol. The molecule has 116 valence electrons. The van der Waals surface area contributed by atoms with Crippen molar-refractivity contribution in [3.63, 3.8) is 0 Å². The third-order valence-electron chi connectivity index (χ3n) is 3.29. The molecule has 1 amide bonds. The molecule has 1 aromatic carbocycles. The van der Waals surface area contributed by atoms with E-state index in [1.54, 1.807) is 19.1 Å². The van der Waals surface area contributed by atoms with Crippen molar-refractivity contribution in [2.24, 2.45) is 5.16 Å². The zero-order valence-corrected chi connectivity index (χ0v) is 13.1. The number of benzene rings is 1. The van der Waals surface area contributed by atoms with Crippen LogP contribution in [0.2, 0.25) is 0 Å². The van der Waals surface area contributed by atoms with Gasteiger partial charge >= 0.3 is 0 Å². The van der Waals surface area contributed by atoms with Gasteiger partial charge in [0, 0.05) is 12.0 Å². The Kier molecular flexibility index (Phi) is 6.21. The molecule has 0 heterocycles. The van der Waals surface area contributed by atoms with Crippen LogP contribution >= 0.6 is 0 Å². The van der Waals surface area contributed by atoms with E-state index in [2.05, 4.69) is 10.5 Å². The van der Waals surface area contributed by atoms with Gasteiger partial charge in [0.2, 0.25) is 0 Å². The maximum atomic E-state index is 11.8. The Morgan fingerprint density at radius 3 is 2.48 bits per heavy atom. The van der Waals surface area contributed by atoms with E-state index in [0.717, 1.165) is 12.0 Å². The highest BCUT2D eigenvalue weighted by atomic mass is 16.5. The molecule has 5 nitrogen and oxygen atoms in total. The van der Waals surface area contributed by atoms with Crippen LogP contribution in [0.5, 0.6) is 5.75 Å². The van der Waals surface area contributed by atoms with E-state index in [1.807, 2.05) is 32.9 Å². The van der Waals surface area contributed by atoms with E-state index in [9.17, 15) is 4.79 Å². The first-order valence-electron chi connectivity index (χ1n) is 7.06. The van der Waals surface area contributed by atoms with Gasteiger partial charge in [-0.15, -0.1) is 0 Å². The number of oxime groups is 1. The molecule has 21 heavy (non-hydrogen) atoms. The summed E-state index contributed by atoms with van der Waals surface area (Å²) in [5.41, 5.74) is 1.45. The summed E-state index contributed by atoms with van der Waals surface area (Å²) < 4.78 is 5.45. The van der Waals surface area contributed by atoms with Crippen molar-refractivity contribution in [1.82, 2.24) is 5.32 Å². The third kappa shape index (κ3) is 6.29. The standard InChI is InChI=1S/C16H24N2O3/c1-5-16(3,4)17-15(19)11-21-14-8-6-13(7-9-14)10-12(2)18-20/h6-9,20H,5,10-11H2,1-4H3,(H,17,19)/b18-12+. The minimum absolute atomic E-state index is 0.0000965. The van der Waals surface area contributed by atoms with Gasteiger partial charge in [-0.05, 0) is 44.9 Å². The molecule has 0 bridgehead atoms. The fraction of sp³-hybridized carbons (Fsp3) is 0.500. The lowest BCUT2D eigenvalue weighted by Gasteiger charge is -2.24. The molecule has 0 radical (unpaired) electrons. The number of hydrogen-bond acceptors (Lipinski definition) is 4. The summed E-state index contributed by atoms with van der Waals surface area (Å²) in [4.78, 5) is 11.8. The molecule has 1 rings (SSSR count). The van der Waals surface area contributed by atoms with E-state index in [0.29, 0.717) is 17.9 Å². The summed E-state index contributed by atoms with van der Waals surface area (Å²) >= 11 is 0. The first kappa shape index (κ1) is 17.0. The number of carbonyl (C=O) groups excluding carboxylic acids is 1. The zero-order valence-electron chi connectivity index (χ0n) is 13.1. The first-order valence-corrected chi connectivity index (χ1v) is 7.06. The summed E-state index contributed by atoms with van der Waals surface area (Å²) in [7, 11) is 0. The Balaban J connectivity index is 2.48. The molecule has 0 unspecified atom stereocenters. The molecule has 1 aromatic rings. The second-order valence-corrected chi connectivity index (χ2v) is 5.73. The number of hydrogen-bond donors (Lipinski definition) is 2. The average Bonchev–Trinajstić information content (AvgIpc) is 2.46. The summed E-state index contributed by atoms with van der Waals surface area (Å²) in [6, 6.07) is 7.38. The van der Waals surface area contributed by atoms with Gasteiger partial charge in [0.25, 0.3) is 5.91 Å². The van der Waals surface area contributed by atoms with Gasteiger partial charge < -0.3 is 15.3 Å².